The van der Waals surface area contributed by atoms with Gasteiger partial charge in [-0.3, -0.25) is 4.90 Å². The fraction of sp³-hybridized carbons (Fsp3) is 0.500. The van der Waals surface area contributed by atoms with Crippen molar-refractivity contribution in [1.82, 2.24) is 4.90 Å². The number of hydrogen-bond acceptors (Lipinski definition) is 3. The zero-order valence-corrected chi connectivity index (χ0v) is 16.9. The van der Waals surface area contributed by atoms with Crippen molar-refractivity contribution < 1.29 is 35.9 Å². The second-order valence-corrected chi connectivity index (χ2v) is 8.45. The molecule has 31 heavy (non-hydrogen) atoms. The molecule has 0 aliphatic carbocycles. The van der Waals surface area contributed by atoms with E-state index in [1.807, 2.05) is 6.92 Å². The first-order valence-electron chi connectivity index (χ1n) is 10.0. The van der Waals surface area contributed by atoms with Crippen LogP contribution in [0.2, 0.25) is 0 Å². The van der Waals surface area contributed by atoms with Crippen LogP contribution in [0.1, 0.15) is 49.8 Å². The van der Waals surface area contributed by atoms with E-state index < -0.39 is 35.0 Å². The van der Waals surface area contributed by atoms with Gasteiger partial charge in [-0.25, -0.2) is 4.79 Å². The lowest BCUT2D eigenvalue weighted by Crippen LogP contribution is -2.55. The molecule has 0 N–H and O–H groups in total. The Kier molecular flexibility index (Phi) is 5.03. The van der Waals surface area contributed by atoms with Gasteiger partial charge >= 0.3 is 18.3 Å². The Hall–Kier alpha value is -2.29. The molecule has 0 unspecified atom stereocenters. The molecule has 0 aromatic heterocycles. The number of alkyl halides is 6. The van der Waals surface area contributed by atoms with Gasteiger partial charge in [-0.2, -0.15) is 26.3 Å². The summed E-state index contributed by atoms with van der Waals surface area (Å²) in [6.45, 7) is 4.24. The van der Waals surface area contributed by atoms with Gasteiger partial charge in [-0.15, -0.1) is 0 Å². The number of esters is 1. The van der Waals surface area contributed by atoms with Crippen LogP contribution in [0.15, 0.2) is 35.9 Å². The molecule has 168 valence electrons. The van der Waals surface area contributed by atoms with E-state index in [1.54, 1.807) is 13.0 Å². The first-order valence-corrected chi connectivity index (χ1v) is 10.0. The molecule has 0 spiro atoms. The Labute approximate surface area is 175 Å². The Bertz CT molecular complexity index is 945. The molecule has 3 heterocycles. The smallest absolute Gasteiger partial charge is 0.416 e. The average Bonchev–Trinajstić information content (AvgIpc) is 2.95. The maximum Gasteiger partial charge on any atom is 0.416 e. The molecule has 0 saturated carbocycles. The summed E-state index contributed by atoms with van der Waals surface area (Å²) >= 11 is 0. The minimum Gasteiger partial charge on any atom is -0.450 e. The predicted molar refractivity (Wildman–Crippen MR) is 101 cm³/mol. The highest BCUT2D eigenvalue weighted by molar-refractivity contribution is 5.96. The lowest BCUT2D eigenvalue weighted by atomic mass is 9.79. The van der Waals surface area contributed by atoms with Crippen LogP contribution in [0, 0.1) is 0 Å². The number of ether oxygens (including phenoxy) is 1. The van der Waals surface area contributed by atoms with Crippen molar-refractivity contribution in [3.8, 4) is 0 Å². The van der Waals surface area contributed by atoms with Gasteiger partial charge in [0.05, 0.1) is 17.2 Å². The zero-order valence-electron chi connectivity index (χ0n) is 16.9. The summed E-state index contributed by atoms with van der Waals surface area (Å²) in [7, 11) is 0. The highest BCUT2D eigenvalue weighted by Crippen LogP contribution is 2.48. The van der Waals surface area contributed by atoms with Gasteiger partial charge in [-0.1, -0.05) is 12.5 Å². The molecule has 0 bridgehead atoms. The Balaban J connectivity index is 1.94. The first-order chi connectivity index (χ1) is 14.3. The lowest BCUT2D eigenvalue weighted by Gasteiger charge is -2.45. The summed E-state index contributed by atoms with van der Waals surface area (Å²) in [5.74, 6) is -0.647. The van der Waals surface area contributed by atoms with Crippen LogP contribution in [-0.2, 0) is 21.9 Å². The number of nitrogens with zero attached hydrogens (tertiary/aromatic N) is 1. The van der Waals surface area contributed by atoms with Gasteiger partial charge < -0.3 is 4.74 Å². The average molecular weight is 445 g/mol. The molecule has 3 aliphatic rings. The minimum absolute atomic E-state index is 0.108. The van der Waals surface area contributed by atoms with Crippen molar-refractivity contribution in [2.24, 2.45) is 0 Å². The molecular formula is C22H21F6NO2. The Morgan fingerprint density at radius 2 is 1.65 bits per heavy atom. The van der Waals surface area contributed by atoms with Crippen LogP contribution in [0.25, 0.3) is 5.57 Å². The van der Waals surface area contributed by atoms with Crippen LogP contribution in [0.3, 0.4) is 0 Å². The van der Waals surface area contributed by atoms with E-state index >= 15 is 0 Å². The number of hydrogen-bond donors (Lipinski definition) is 0. The number of carbonyl (C=O) groups is 1. The van der Waals surface area contributed by atoms with Gasteiger partial charge in [0.25, 0.3) is 0 Å². The third-order valence-electron chi connectivity index (χ3n) is 6.41. The van der Waals surface area contributed by atoms with Crippen LogP contribution in [0.4, 0.5) is 26.3 Å². The monoisotopic (exact) mass is 445 g/mol. The van der Waals surface area contributed by atoms with Crippen molar-refractivity contribution >= 4 is 11.5 Å². The predicted octanol–water partition coefficient (Wildman–Crippen LogP) is 5.61. The summed E-state index contributed by atoms with van der Waals surface area (Å²) in [4.78, 5) is 14.3. The van der Waals surface area contributed by atoms with Crippen LogP contribution >= 0.6 is 0 Å². The van der Waals surface area contributed by atoms with E-state index in [-0.39, 0.29) is 29.3 Å². The minimum atomic E-state index is -4.95. The Morgan fingerprint density at radius 1 is 1.03 bits per heavy atom. The number of piperidine rings is 1. The van der Waals surface area contributed by atoms with Gasteiger partial charge in [0.2, 0.25) is 0 Å². The fourth-order valence-corrected chi connectivity index (χ4v) is 4.97. The standard InChI is InChI=1S/C22H21F6NO2/c1-12-7-16(13-8-14(21(23,24)25)10-15(9-13)22(26,27)28)17-11-19(30)31-20(17,2)18-5-3-4-6-29(12)18/h7-12,18H,3-6H2,1-2H3/t12-,18+,20-/m0/s1. The van der Waals surface area contributed by atoms with Crippen LogP contribution in [0.5, 0.6) is 0 Å². The SMILES string of the molecule is C[C@H]1C=C(c2cc(C(F)(F)F)cc(C(F)(F)F)c2)C2=CC(=O)O[C@]2(C)[C@H]2CCCCN12. The van der Waals surface area contributed by atoms with E-state index in [1.165, 1.54) is 6.08 Å². The molecule has 3 aliphatic heterocycles. The molecule has 3 nitrogen and oxygen atoms in total. The largest absolute Gasteiger partial charge is 0.450 e. The highest BCUT2D eigenvalue weighted by atomic mass is 19.4. The second kappa shape index (κ2) is 7.12. The fourth-order valence-electron chi connectivity index (χ4n) is 4.97. The lowest BCUT2D eigenvalue weighted by molar-refractivity contribution is -0.151. The van der Waals surface area contributed by atoms with Crippen molar-refractivity contribution in [1.29, 1.82) is 0 Å². The van der Waals surface area contributed by atoms with Gasteiger partial charge in [-0.05, 0) is 62.6 Å². The molecule has 0 amide bonds. The zero-order chi connectivity index (χ0) is 22.8. The maximum absolute atomic E-state index is 13.4. The summed E-state index contributed by atoms with van der Waals surface area (Å²) in [5, 5.41) is 0. The molecule has 1 fully saturated rings. The quantitative estimate of drug-likeness (QED) is 0.416. The third kappa shape index (κ3) is 3.77. The van der Waals surface area contributed by atoms with Crippen LogP contribution in [-0.4, -0.2) is 35.1 Å². The number of rotatable bonds is 1. The topological polar surface area (TPSA) is 29.5 Å². The molecule has 4 rings (SSSR count). The summed E-state index contributed by atoms with van der Waals surface area (Å²) in [6, 6.07) is 1.06. The maximum atomic E-state index is 13.4. The number of halogens is 6. The molecule has 1 aromatic rings. The number of fused-ring (bicyclic) bond motifs is 3. The van der Waals surface area contributed by atoms with E-state index in [9.17, 15) is 31.1 Å². The summed E-state index contributed by atoms with van der Waals surface area (Å²) < 4.78 is 86.2. The van der Waals surface area contributed by atoms with Crippen molar-refractivity contribution in [3.63, 3.8) is 0 Å². The van der Waals surface area contributed by atoms with Crippen molar-refractivity contribution in [3.05, 3.63) is 52.6 Å². The normalized spacial score (nSPS) is 29.5. The van der Waals surface area contributed by atoms with E-state index in [4.69, 9.17) is 4.74 Å². The van der Waals surface area contributed by atoms with Crippen molar-refractivity contribution in [2.75, 3.05) is 6.54 Å². The molecule has 3 atom stereocenters. The highest BCUT2D eigenvalue weighted by Gasteiger charge is 2.52. The Morgan fingerprint density at radius 3 is 2.23 bits per heavy atom. The summed E-state index contributed by atoms with van der Waals surface area (Å²) in [5.41, 5.74) is -3.66. The molecule has 1 saturated heterocycles. The van der Waals surface area contributed by atoms with Gasteiger partial charge in [0, 0.05) is 17.7 Å². The molecule has 9 heteroatoms. The third-order valence-corrected chi connectivity index (χ3v) is 6.41. The van der Waals surface area contributed by atoms with Crippen LogP contribution < -0.4 is 0 Å². The molecule has 1 aromatic carbocycles. The van der Waals surface area contributed by atoms with E-state index in [0.717, 1.165) is 12.8 Å². The number of carbonyl (C=O) groups excluding carboxylic acids is 1. The van der Waals surface area contributed by atoms with Gasteiger partial charge in [0.15, 0.2) is 5.60 Å². The van der Waals surface area contributed by atoms with Gasteiger partial charge in [0.1, 0.15) is 0 Å². The van der Waals surface area contributed by atoms with E-state index in [0.29, 0.717) is 30.7 Å². The molecule has 0 radical (unpaired) electrons. The molecular weight excluding hydrogens is 424 g/mol. The summed E-state index contributed by atoms with van der Waals surface area (Å²) in [6.07, 6.45) is -4.55. The van der Waals surface area contributed by atoms with E-state index in [2.05, 4.69) is 4.90 Å². The number of benzene rings is 1. The van der Waals surface area contributed by atoms with Crippen molar-refractivity contribution in [2.45, 2.75) is 63.1 Å². The second-order valence-electron chi connectivity index (χ2n) is 8.45. The first kappa shape index (κ1) is 21.9.